The lowest BCUT2D eigenvalue weighted by Crippen LogP contribution is -2.38. The summed E-state index contributed by atoms with van der Waals surface area (Å²) in [6.45, 7) is 3.17. The largest absolute Gasteiger partial charge is 0.469 e. The maximum absolute atomic E-state index is 13.6. The van der Waals surface area contributed by atoms with Gasteiger partial charge in [-0.25, -0.2) is 4.39 Å². The summed E-state index contributed by atoms with van der Waals surface area (Å²) in [5, 5.41) is 10.4. The molecule has 2 unspecified atom stereocenters. The molecule has 17 heavy (non-hydrogen) atoms. The van der Waals surface area contributed by atoms with Crippen LogP contribution in [0, 0.1) is 11.7 Å². The van der Waals surface area contributed by atoms with Crippen molar-refractivity contribution in [3.63, 3.8) is 0 Å². The van der Waals surface area contributed by atoms with Gasteiger partial charge < -0.3 is 9.84 Å². The van der Waals surface area contributed by atoms with E-state index in [1.54, 1.807) is 13.0 Å². The van der Waals surface area contributed by atoms with E-state index in [-0.39, 0.29) is 5.56 Å². The van der Waals surface area contributed by atoms with E-state index in [9.17, 15) is 14.3 Å². The number of hydrogen-bond donors (Lipinski definition) is 1. The van der Waals surface area contributed by atoms with Crippen molar-refractivity contribution in [3.8, 4) is 0 Å². The van der Waals surface area contributed by atoms with Crippen LogP contribution in [0.1, 0.15) is 25.8 Å². The Morgan fingerprint density at radius 3 is 2.59 bits per heavy atom. The van der Waals surface area contributed by atoms with Gasteiger partial charge in [0.25, 0.3) is 0 Å². The van der Waals surface area contributed by atoms with Crippen LogP contribution >= 0.6 is 0 Å². The summed E-state index contributed by atoms with van der Waals surface area (Å²) in [7, 11) is 1.25. The Bertz CT molecular complexity index is 401. The van der Waals surface area contributed by atoms with E-state index < -0.39 is 23.3 Å². The smallest absolute Gasteiger partial charge is 0.311 e. The lowest BCUT2D eigenvalue weighted by Gasteiger charge is -2.31. The Hall–Kier alpha value is -1.42. The van der Waals surface area contributed by atoms with Crippen LogP contribution in [0.25, 0.3) is 0 Å². The van der Waals surface area contributed by atoms with Crippen molar-refractivity contribution in [3.05, 3.63) is 35.6 Å². The molecule has 0 bridgehead atoms. The molecule has 3 nitrogen and oxygen atoms in total. The SMILES string of the molecule is CCC(C(=O)OC)C(C)(O)c1ccccc1F. The van der Waals surface area contributed by atoms with Crippen molar-refractivity contribution in [2.24, 2.45) is 5.92 Å². The first-order chi connectivity index (χ1) is 7.95. The first-order valence-corrected chi connectivity index (χ1v) is 5.50. The zero-order chi connectivity index (χ0) is 13.1. The van der Waals surface area contributed by atoms with E-state index in [4.69, 9.17) is 0 Å². The second kappa shape index (κ2) is 5.27. The Morgan fingerprint density at radius 2 is 2.12 bits per heavy atom. The molecule has 2 atom stereocenters. The summed E-state index contributed by atoms with van der Waals surface area (Å²) >= 11 is 0. The zero-order valence-corrected chi connectivity index (χ0v) is 10.2. The average Bonchev–Trinajstić information content (AvgIpc) is 2.29. The molecule has 0 saturated heterocycles. The van der Waals surface area contributed by atoms with Gasteiger partial charge in [-0.2, -0.15) is 0 Å². The standard InChI is InChI=1S/C13H17FO3/c1-4-9(12(15)17-3)13(2,16)10-7-5-6-8-11(10)14/h5-9,16H,4H2,1-3H3. The van der Waals surface area contributed by atoms with Gasteiger partial charge in [0.2, 0.25) is 0 Å². The van der Waals surface area contributed by atoms with Gasteiger partial charge in [-0.05, 0) is 19.4 Å². The van der Waals surface area contributed by atoms with Gasteiger partial charge in [0.15, 0.2) is 0 Å². The highest BCUT2D eigenvalue weighted by Crippen LogP contribution is 2.33. The Labute approximate surface area is 100 Å². The number of hydrogen-bond acceptors (Lipinski definition) is 3. The Balaban J connectivity index is 3.17. The summed E-state index contributed by atoms with van der Waals surface area (Å²) in [5.74, 6) is -1.86. The van der Waals surface area contributed by atoms with Gasteiger partial charge in [-0.3, -0.25) is 4.79 Å². The summed E-state index contributed by atoms with van der Waals surface area (Å²) in [5.41, 5.74) is -1.47. The summed E-state index contributed by atoms with van der Waals surface area (Å²) in [6, 6.07) is 5.89. The fraction of sp³-hybridized carbons (Fsp3) is 0.462. The third kappa shape index (κ3) is 2.64. The summed E-state index contributed by atoms with van der Waals surface area (Å²) in [6.07, 6.45) is 0.369. The minimum absolute atomic E-state index is 0.109. The fourth-order valence-corrected chi connectivity index (χ4v) is 2.00. The van der Waals surface area contributed by atoms with Crippen LogP contribution in [-0.2, 0) is 15.1 Å². The first-order valence-electron chi connectivity index (χ1n) is 5.50. The quantitative estimate of drug-likeness (QED) is 0.821. The van der Waals surface area contributed by atoms with Crippen molar-refractivity contribution in [2.75, 3.05) is 7.11 Å². The van der Waals surface area contributed by atoms with E-state index in [1.807, 2.05) is 0 Å². The van der Waals surface area contributed by atoms with Gasteiger partial charge in [-0.15, -0.1) is 0 Å². The van der Waals surface area contributed by atoms with Crippen LogP contribution in [0.4, 0.5) is 4.39 Å². The fourth-order valence-electron chi connectivity index (χ4n) is 2.00. The van der Waals surface area contributed by atoms with Crippen molar-refractivity contribution in [2.45, 2.75) is 25.9 Å². The molecular weight excluding hydrogens is 223 g/mol. The highest BCUT2D eigenvalue weighted by atomic mass is 19.1. The molecule has 0 aliphatic carbocycles. The Morgan fingerprint density at radius 1 is 1.53 bits per heavy atom. The van der Waals surface area contributed by atoms with Gasteiger partial charge in [0, 0.05) is 5.56 Å². The van der Waals surface area contributed by atoms with Crippen LogP contribution in [0.2, 0.25) is 0 Å². The molecule has 0 fully saturated rings. The number of methoxy groups -OCH3 is 1. The molecule has 0 saturated carbocycles. The third-order valence-corrected chi connectivity index (χ3v) is 2.99. The molecule has 0 aromatic heterocycles. The van der Waals surface area contributed by atoms with Crippen LogP contribution in [-0.4, -0.2) is 18.2 Å². The van der Waals surface area contributed by atoms with Gasteiger partial charge in [-0.1, -0.05) is 25.1 Å². The van der Waals surface area contributed by atoms with E-state index in [0.29, 0.717) is 6.42 Å². The van der Waals surface area contributed by atoms with E-state index in [1.165, 1.54) is 32.2 Å². The molecular formula is C13H17FO3. The molecule has 0 aliphatic rings. The summed E-state index contributed by atoms with van der Waals surface area (Å²) in [4.78, 5) is 11.6. The van der Waals surface area contributed by atoms with Crippen molar-refractivity contribution in [1.82, 2.24) is 0 Å². The number of esters is 1. The molecule has 1 aromatic carbocycles. The van der Waals surface area contributed by atoms with Crippen LogP contribution in [0.3, 0.4) is 0 Å². The van der Waals surface area contributed by atoms with Crippen molar-refractivity contribution >= 4 is 5.97 Å². The third-order valence-electron chi connectivity index (χ3n) is 2.99. The van der Waals surface area contributed by atoms with Gasteiger partial charge in [0.1, 0.15) is 11.4 Å². The van der Waals surface area contributed by atoms with Crippen LogP contribution in [0.15, 0.2) is 24.3 Å². The topological polar surface area (TPSA) is 46.5 Å². The number of ether oxygens (including phenoxy) is 1. The number of carbonyl (C=O) groups excluding carboxylic acids is 1. The molecule has 1 rings (SSSR count). The lowest BCUT2D eigenvalue weighted by atomic mass is 9.81. The minimum Gasteiger partial charge on any atom is -0.469 e. The summed E-state index contributed by atoms with van der Waals surface area (Å²) < 4.78 is 18.3. The monoisotopic (exact) mass is 240 g/mol. The van der Waals surface area contributed by atoms with Crippen LogP contribution in [0.5, 0.6) is 0 Å². The molecule has 0 radical (unpaired) electrons. The predicted octanol–water partition coefficient (Wildman–Crippen LogP) is 2.23. The predicted molar refractivity (Wildman–Crippen MR) is 61.8 cm³/mol. The molecule has 1 N–H and O–H groups in total. The number of rotatable bonds is 4. The number of benzene rings is 1. The second-order valence-corrected chi connectivity index (χ2v) is 4.11. The highest BCUT2D eigenvalue weighted by Gasteiger charge is 2.40. The van der Waals surface area contributed by atoms with Gasteiger partial charge >= 0.3 is 5.97 Å². The molecule has 0 aliphatic heterocycles. The van der Waals surface area contributed by atoms with Crippen molar-refractivity contribution < 1.29 is 19.0 Å². The number of carbonyl (C=O) groups is 1. The first kappa shape index (κ1) is 13.6. The van der Waals surface area contributed by atoms with Crippen LogP contribution < -0.4 is 0 Å². The molecule has 94 valence electrons. The maximum atomic E-state index is 13.6. The molecule has 0 spiro atoms. The average molecular weight is 240 g/mol. The zero-order valence-electron chi connectivity index (χ0n) is 10.2. The molecule has 4 heteroatoms. The molecule has 0 heterocycles. The molecule has 0 amide bonds. The minimum atomic E-state index is -1.58. The van der Waals surface area contributed by atoms with E-state index >= 15 is 0 Å². The lowest BCUT2D eigenvalue weighted by molar-refractivity contribution is -0.156. The normalized spacial score (nSPS) is 16.1. The Kier molecular flexibility index (Phi) is 4.23. The van der Waals surface area contributed by atoms with Gasteiger partial charge in [0.05, 0.1) is 13.0 Å². The highest BCUT2D eigenvalue weighted by molar-refractivity contribution is 5.74. The number of aliphatic hydroxyl groups is 1. The van der Waals surface area contributed by atoms with Crippen molar-refractivity contribution in [1.29, 1.82) is 0 Å². The van der Waals surface area contributed by atoms with E-state index in [0.717, 1.165) is 0 Å². The maximum Gasteiger partial charge on any atom is 0.311 e. The molecule has 1 aromatic rings. The van der Waals surface area contributed by atoms with E-state index in [2.05, 4.69) is 4.74 Å². The number of halogens is 1. The second-order valence-electron chi connectivity index (χ2n) is 4.11.